The van der Waals surface area contributed by atoms with Crippen LogP contribution in [0.1, 0.15) is 24.5 Å². The maximum absolute atomic E-state index is 12.2. The van der Waals surface area contributed by atoms with Crippen LogP contribution in [0, 0.1) is 17.0 Å². The number of carbonyl (C=O) groups excluding carboxylic acids is 1. The molecule has 0 atom stereocenters. The summed E-state index contributed by atoms with van der Waals surface area (Å²) in [5.74, 6) is 0.500. The number of halogens is 1. The first-order chi connectivity index (χ1) is 13.4. The van der Waals surface area contributed by atoms with Gasteiger partial charge in [-0.2, -0.15) is 0 Å². The highest BCUT2D eigenvalue weighted by Crippen LogP contribution is 2.37. The molecule has 0 aliphatic rings. The van der Waals surface area contributed by atoms with Crippen molar-refractivity contribution < 1.29 is 19.2 Å². The minimum Gasteiger partial charge on any atom is -0.493 e. The molecule has 0 aromatic heterocycles. The van der Waals surface area contributed by atoms with E-state index in [0.29, 0.717) is 39.9 Å². The second-order valence-corrected chi connectivity index (χ2v) is 6.32. The highest BCUT2D eigenvalue weighted by molar-refractivity contribution is 6.32. The minimum absolute atomic E-state index is 0.0547. The Bertz CT molecular complexity index is 912. The van der Waals surface area contributed by atoms with Gasteiger partial charge in [0.05, 0.1) is 34.9 Å². The van der Waals surface area contributed by atoms with Crippen molar-refractivity contribution in [2.45, 2.75) is 20.3 Å². The average molecular weight is 405 g/mol. The van der Waals surface area contributed by atoms with Crippen molar-refractivity contribution in [1.29, 1.82) is 0 Å². The zero-order valence-electron chi connectivity index (χ0n) is 15.8. The molecule has 1 N–H and O–H groups in total. The Morgan fingerprint density at radius 2 is 2.11 bits per heavy atom. The summed E-state index contributed by atoms with van der Waals surface area (Å²) in [6.45, 7) is 4.08. The Morgan fingerprint density at radius 1 is 1.36 bits per heavy atom. The number of hydrogen-bond donors (Lipinski definition) is 1. The number of carbonyl (C=O) groups is 1. The van der Waals surface area contributed by atoms with Crippen molar-refractivity contribution in [3.63, 3.8) is 0 Å². The highest BCUT2D eigenvalue weighted by Gasteiger charge is 2.14. The maximum Gasteiger partial charge on any atom is 0.274 e. The van der Waals surface area contributed by atoms with Gasteiger partial charge >= 0.3 is 0 Å². The fourth-order valence-electron chi connectivity index (χ4n) is 2.48. The molecule has 1 amide bonds. The van der Waals surface area contributed by atoms with E-state index in [4.69, 9.17) is 21.1 Å². The van der Waals surface area contributed by atoms with Gasteiger partial charge in [0, 0.05) is 12.1 Å². The van der Waals surface area contributed by atoms with Crippen LogP contribution in [-0.4, -0.2) is 24.5 Å². The predicted molar refractivity (Wildman–Crippen MR) is 109 cm³/mol. The topological polar surface area (TPSA) is 90.7 Å². The number of amides is 1. The number of methoxy groups -OCH3 is 1. The van der Waals surface area contributed by atoms with Crippen LogP contribution in [0.15, 0.2) is 36.4 Å². The molecule has 0 aliphatic carbocycles. The van der Waals surface area contributed by atoms with Gasteiger partial charge in [-0.05, 0) is 43.2 Å². The molecule has 2 aromatic carbocycles. The van der Waals surface area contributed by atoms with Gasteiger partial charge in [0.2, 0.25) is 5.91 Å². The first-order valence-corrected chi connectivity index (χ1v) is 8.98. The third-order valence-electron chi connectivity index (χ3n) is 3.89. The molecule has 148 valence electrons. The minimum atomic E-state index is -0.489. The molecule has 0 bridgehead atoms. The van der Waals surface area contributed by atoms with Crippen LogP contribution in [0.5, 0.6) is 11.5 Å². The zero-order valence-corrected chi connectivity index (χ0v) is 16.6. The lowest BCUT2D eigenvalue weighted by Gasteiger charge is -2.12. The van der Waals surface area contributed by atoms with E-state index in [2.05, 4.69) is 5.32 Å². The molecule has 0 spiro atoms. The summed E-state index contributed by atoms with van der Waals surface area (Å²) in [7, 11) is 1.51. The smallest absolute Gasteiger partial charge is 0.274 e. The molecule has 0 fully saturated rings. The second-order valence-electron chi connectivity index (χ2n) is 5.91. The van der Waals surface area contributed by atoms with E-state index in [9.17, 15) is 14.9 Å². The number of benzene rings is 2. The van der Waals surface area contributed by atoms with E-state index >= 15 is 0 Å². The molecule has 0 aliphatic heterocycles. The van der Waals surface area contributed by atoms with Crippen LogP contribution < -0.4 is 14.8 Å². The quantitative estimate of drug-likeness (QED) is 0.379. The fourth-order valence-corrected chi connectivity index (χ4v) is 2.76. The van der Waals surface area contributed by atoms with E-state index in [1.807, 2.05) is 6.92 Å². The van der Waals surface area contributed by atoms with E-state index < -0.39 is 10.8 Å². The van der Waals surface area contributed by atoms with Gasteiger partial charge in [-0.25, -0.2) is 0 Å². The molecule has 0 saturated heterocycles. The Balaban J connectivity index is 2.17. The largest absolute Gasteiger partial charge is 0.493 e. The Kier molecular flexibility index (Phi) is 7.40. The molecule has 8 heteroatoms. The third-order valence-corrected chi connectivity index (χ3v) is 4.17. The van der Waals surface area contributed by atoms with Crippen LogP contribution in [0.4, 0.5) is 11.4 Å². The van der Waals surface area contributed by atoms with Crippen molar-refractivity contribution in [2.75, 3.05) is 19.0 Å². The lowest BCUT2D eigenvalue weighted by molar-refractivity contribution is -0.385. The molecular weight excluding hydrogens is 384 g/mol. The number of nitro groups is 1. The molecule has 0 radical (unpaired) electrons. The summed E-state index contributed by atoms with van der Waals surface area (Å²) in [5, 5.41) is 14.0. The van der Waals surface area contributed by atoms with Gasteiger partial charge < -0.3 is 14.8 Å². The lowest BCUT2D eigenvalue weighted by Crippen LogP contribution is -2.09. The number of nitrogens with zero attached hydrogens (tertiary/aromatic N) is 1. The average Bonchev–Trinajstić information content (AvgIpc) is 2.66. The Morgan fingerprint density at radius 3 is 2.75 bits per heavy atom. The summed E-state index contributed by atoms with van der Waals surface area (Å²) in [4.78, 5) is 22.7. The monoisotopic (exact) mass is 404 g/mol. The predicted octanol–water partition coefficient (Wildman–Crippen LogP) is 5.01. The summed E-state index contributed by atoms with van der Waals surface area (Å²) in [5.41, 5.74) is 1.36. The molecule has 0 unspecified atom stereocenters. The summed E-state index contributed by atoms with van der Waals surface area (Å²) >= 11 is 6.26. The number of rotatable bonds is 8. The van der Waals surface area contributed by atoms with Gasteiger partial charge in [-0.3, -0.25) is 14.9 Å². The lowest BCUT2D eigenvalue weighted by atomic mass is 10.1. The van der Waals surface area contributed by atoms with Crippen molar-refractivity contribution in [2.24, 2.45) is 0 Å². The first kappa shape index (κ1) is 21.2. The Labute approximate surface area is 168 Å². The molecule has 28 heavy (non-hydrogen) atoms. The highest BCUT2D eigenvalue weighted by atomic mass is 35.5. The van der Waals surface area contributed by atoms with Crippen LogP contribution in [-0.2, 0) is 4.79 Å². The van der Waals surface area contributed by atoms with E-state index in [1.54, 1.807) is 31.2 Å². The van der Waals surface area contributed by atoms with Gasteiger partial charge in [-0.15, -0.1) is 0 Å². The number of hydrogen-bond acceptors (Lipinski definition) is 5. The van der Waals surface area contributed by atoms with Crippen molar-refractivity contribution >= 4 is 35.0 Å². The summed E-state index contributed by atoms with van der Waals surface area (Å²) < 4.78 is 10.9. The standard InChI is InChI=1S/C20H21ClN2O5/c1-4-10-28-20-15(21)11-14(12-18(20)27-3)8-9-19(24)22-16-6-5-7-17(13(16)2)23(25)26/h5-9,11-12H,4,10H2,1-3H3,(H,22,24)/b9-8+. The number of anilines is 1. The normalized spacial score (nSPS) is 10.7. The van der Waals surface area contributed by atoms with Crippen LogP contribution in [0.3, 0.4) is 0 Å². The van der Waals surface area contributed by atoms with Gasteiger partial charge in [-0.1, -0.05) is 24.6 Å². The third kappa shape index (κ3) is 5.23. The summed E-state index contributed by atoms with van der Waals surface area (Å²) in [6.07, 6.45) is 3.72. The van der Waals surface area contributed by atoms with Crippen LogP contribution in [0.25, 0.3) is 6.08 Å². The Hall–Kier alpha value is -3.06. The van der Waals surface area contributed by atoms with E-state index in [1.165, 1.54) is 25.3 Å². The maximum atomic E-state index is 12.2. The van der Waals surface area contributed by atoms with Crippen molar-refractivity contribution in [3.05, 3.63) is 62.7 Å². The molecular formula is C20H21ClN2O5. The molecule has 2 aromatic rings. The molecule has 0 saturated carbocycles. The number of nitro benzene ring substituents is 1. The molecule has 2 rings (SSSR count). The van der Waals surface area contributed by atoms with Gasteiger partial charge in [0.25, 0.3) is 5.69 Å². The van der Waals surface area contributed by atoms with Crippen molar-refractivity contribution in [1.82, 2.24) is 0 Å². The SMILES string of the molecule is CCCOc1c(Cl)cc(/C=C/C(=O)Nc2cccc([N+](=O)[O-])c2C)cc1OC. The van der Waals surface area contributed by atoms with Gasteiger partial charge in [0.15, 0.2) is 11.5 Å². The van der Waals surface area contributed by atoms with Gasteiger partial charge in [0.1, 0.15) is 0 Å². The first-order valence-electron chi connectivity index (χ1n) is 8.60. The van der Waals surface area contributed by atoms with Crippen molar-refractivity contribution in [3.8, 4) is 11.5 Å². The summed E-state index contributed by atoms with van der Waals surface area (Å²) in [6, 6.07) is 7.88. The zero-order chi connectivity index (χ0) is 20.7. The van der Waals surface area contributed by atoms with E-state index in [0.717, 1.165) is 6.42 Å². The van der Waals surface area contributed by atoms with Crippen LogP contribution >= 0.6 is 11.6 Å². The number of ether oxygens (including phenoxy) is 2. The van der Waals surface area contributed by atoms with E-state index in [-0.39, 0.29) is 5.69 Å². The number of nitrogens with one attached hydrogen (secondary N) is 1. The fraction of sp³-hybridized carbons (Fsp3) is 0.250. The van der Waals surface area contributed by atoms with Crippen LogP contribution in [0.2, 0.25) is 5.02 Å². The molecule has 7 nitrogen and oxygen atoms in total. The molecule has 0 heterocycles. The second kappa shape index (κ2) is 9.75.